The number of amides is 1. The van der Waals surface area contributed by atoms with E-state index in [0.29, 0.717) is 16.3 Å². The minimum atomic E-state index is -0.366. The average Bonchev–Trinajstić information content (AvgIpc) is 3.01. The first-order valence-electron chi connectivity index (χ1n) is 9.17. The summed E-state index contributed by atoms with van der Waals surface area (Å²) in [5.74, 6) is -0.575. The van der Waals surface area contributed by atoms with Gasteiger partial charge in [-0.2, -0.15) is 0 Å². The molecule has 0 spiro atoms. The quantitative estimate of drug-likeness (QED) is 0.599. The SMILES string of the molecule is CC(C)OC(=O)c1ccc2nc(NC(=O)c3ccc(C(C)(C)C)cc3)sc2c1. The molecule has 0 atom stereocenters. The third-order valence-electron chi connectivity index (χ3n) is 4.20. The van der Waals surface area contributed by atoms with Gasteiger partial charge in [-0.3, -0.25) is 10.1 Å². The molecular weight excluding hydrogens is 372 g/mol. The predicted molar refractivity (Wildman–Crippen MR) is 113 cm³/mol. The van der Waals surface area contributed by atoms with Crippen molar-refractivity contribution in [2.45, 2.75) is 46.1 Å². The van der Waals surface area contributed by atoms with Crippen LogP contribution in [0.1, 0.15) is 60.9 Å². The maximum absolute atomic E-state index is 12.5. The Morgan fingerprint density at radius 2 is 1.68 bits per heavy atom. The molecule has 0 unspecified atom stereocenters. The van der Waals surface area contributed by atoms with Crippen LogP contribution in [0.25, 0.3) is 10.2 Å². The second-order valence-corrected chi connectivity index (χ2v) is 8.97. The van der Waals surface area contributed by atoms with Crippen molar-refractivity contribution in [1.82, 2.24) is 4.98 Å². The van der Waals surface area contributed by atoms with Crippen molar-refractivity contribution in [2.75, 3.05) is 5.32 Å². The standard InChI is InChI=1S/C22H24N2O3S/c1-13(2)27-20(26)15-8-11-17-18(12-15)28-21(23-17)24-19(25)14-6-9-16(10-7-14)22(3,4)5/h6-13H,1-5H3,(H,23,24,25). The van der Waals surface area contributed by atoms with E-state index in [4.69, 9.17) is 4.74 Å². The Balaban J connectivity index is 1.77. The lowest BCUT2D eigenvalue weighted by molar-refractivity contribution is 0.0378. The van der Waals surface area contributed by atoms with Gasteiger partial charge >= 0.3 is 5.97 Å². The number of carbonyl (C=O) groups excluding carboxylic acids is 2. The molecular formula is C22H24N2O3S. The number of anilines is 1. The molecule has 0 aliphatic rings. The van der Waals surface area contributed by atoms with E-state index in [0.717, 1.165) is 10.2 Å². The molecule has 0 saturated heterocycles. The molecule has 3 rings (SSSR count). The average molecular weight is 397 g/mol. The third kappa shape index (κ3) is 4.57. The second kappa shape index (κ2) is 7.72. The van der Waals surface area contributed by atoms with Crippen molar-refractivity contribution in [3.63, 3.8) is 0 Å². The summed E-state index contributed by atoms with van der Waals surface area (Å²) in [6.07, 6.45) is -0.177. The molecule has 0 radical (unpaired) electrons. The highest BCUT2D eigenvalue weighted by Gasteiger charge is 2.16. The summed E-state index contributed by atoms with van der Waals surface area (Å²) in [5, 5.41) is 3.33. The highest BCUT2D eigenvalue weighted by Crippen LogP contribution is 2.28. The molecule has 5 nitrogen and oxygen atoms in total. The molecule has 0 saturated carbocycles. The van der Waals surface area contributed by atoms with E-state index in [1.807, 2.05) is 38.1 Å². The van der Waals surface area contributed by atoms with Crippen LogP contribution in [-0.2, 0) is 10.2 Å². The van der Waals surface area contributed by atoms with Gasteiger partial charge < -0.3 is 4.74 Å². The number of carbonyl (C=O) groups is 2. The Bertz CT molecular complexity index is 1010. The van der Waals surface area contributed by atoms with Crippen LogP contribution in [0.15, 0.2) is 42.5 Å². The Morgan fingerprint density at radius 3 is 2.29 bits per heavy atom. The number of hydrogen-bond donors (Lipinski definition) is 1. The summed E-state index contributed by atoms with van der Waals surface area (Å²) < 4.78 is 6.04. The van der Waals surface area contributed by atoms with Gasteiger partial charge in [0.1, 0.15) is 0 Å². The number of hydrogen-bond acceptors (Lipinski definition) is 5. The smallest absolute Gasteiger partial charge is 0.338 e. The van der Waals surface area contributed by atoms with Gasteiger partial charge in [0.2, 0.25) is 0 Å². The lowest BCUT2D eigenvalue weighted by atomic mass is 9.87. The van der Waals surface area contributed by atoms with Crippen molar-refractivity contribution >= 4 is 38.6 Å². The first-order chi connectivity index (χ1) is 13.1. The molecule has 1 aromatic heterocycles. The molecule has 6 heteroatoms. The van der Waals surface area contributed by atoms with E-state index >= 15 is 0 Å². The Labute approximate surface area is 168 Å². The molecule has 0 aliphatic heterocycles. The van der Waals surface area contributed by atoms with Crippen LogP contribution in [-0.4, -0.2) is 23.0 Å². The third-order valence-corrected chi connectivity index (χ3v) is 5.13. The Morgan fingerprint density at radius 1 is 1.04 bits per heavy atom. The first-order valence-corrected chi connectivity index (χ1v) is 9.98. The van der Waals surface area contributed by atoms with Crippen LogP contribution >= 0.6 is 11.3 Å². The second-order valence-electron chi connectivity index (χ2n) is 7.94. The van der Waals surface area contributed by atoms with Crippen molar-refractivity contribution in [3.05, 3.63) is 59.2 Å². The number of aromatic nitrogens is 1. The number of thiazole rings is 1. The number of nitrogens with one attached hydrogen (secondary N) is 1. The largest absolute Gasteiger partial charge is 0.459 e. The van der Waals surface area contributed by atoms with Gasteiger partial charge in [-0.15, -0.1) is 0 Å². The van der Waals surface area contributed by atoms with Crippen LogP contribution in [0.3, 0.4) is 0 Å². The van der Waals surface area contributed by atoms with Gasteiger partial charge in [-0.25, -0.2) is 9.78 Å². The lowest BCUT2D eigenvalue weighted by Crippen LogP contribution is -2.14. The molecule has 0 fully saturated rings. The fourth-order valence-electron chi connectivity index (χ4n) is 2.68. The van der Waals surface area contributed by atoms with Crippen molar-refractivity contribution in [1.29, 1.82) is 0 Å². The van der Waals surface area contributed by atoms with Crippen LogP contribution in [0.5, 0.6) is 0 Å². The van der Waals surface area contributed by atoms with Crippen LogP contribution in [0.4, 0.5) is 5.13 Å². The van der Waals surface area contributed by atoms with Gasteiger partial charge in [0.15, 0.2) is 5.13 Å². The molecule has 2 aromatic carbocycles. The number of fused-ring (bicyclic) bond motifs is 1. The lowest BCUT2D eigenvalue weighted by Gasteiger charge is -2.18. The van der Waals surface area contributed by atoms with Crippen molar-refractivity contribution in [3.8, 4) is 0 Å². The topological polar surface area (TPSA) is 68.3 Å². The zero-order valence-corrected chi connectivity index (χ0v) is 17.5. The summed E-state index contributed by atoms with van der Waals surface area (Å²) in [7, 11) is 0. The number of nitrogens with zero attached hydrogens (tertiary/aromatic N) is 1. The molecule has 3 aromatic rings. The highest BCUT2D eigenvalue weighted by molar-refractivity contribution is 7.22. The maximum atomic E-state index is 12.5. The van der Waals surface area contributed by atoms with Gasteiger partial charge in [0.25, 0.3) is 5.91 Å². The molecule has 1 N–H and O–H groups in total. The Hall–Kier alpha value is -2.73. The minimum absolute atomic E-state index is 0.0382. The summed E-state index contributed by atoms with van der Waals surface area (Å²) in [5.41, 5.74) is 2.99. The monoisotopic (exact) mass is 396 g/mol. The summed E-state index contributed by atoms with van der Waals surface area (Å²) in [4.78, 5) is 29.0. The maximum Gasteiger partial charge on any atom is 0.338 e. The van der Waals surface area contributed by atoms with E-state index in [9.17, 15) is 9.59 Å². The van der Waals surface area contributed by atoms with E-state index in [-0.39, 0.29) is 23.4 Å². The first kappa shape index (κ1) is 20.0. The van der Waals surface area contributed by atoms with Gasteiger partial charge in [-0.1, -0.05) is 44.2 Å². The molecule has 0 aliphatic carbocycles. The van der Waals surface area contributed by atoms with Crippen molar-refractivity contribution in [2.24, 2.45) is 0 Å². The predicted octanol–water partition coefficient (Wildman–Crippen LogP) is 5.41. The van der Waals surface area contributed by atoms with E-state index in [2.05, 4.69) is 31.1 Å². The van der Waals surface area contributed by atoms with Gasteiger partial charge in [0, 0.05) is 5.56 Å². The molecule has 28 heavy (non-hydrogen) atoms. The number of ether oxygens (including phenoxy) is 1. The summed E-state index contributed by atoms with van der Waals surface area (Å²) >= 11 is 1.33. The number of rotatable bonds is 4. The number of esters is 1. The van der Waals surface area contributed by atoms with E-state index in [1.54, 1.807) is 18.2 Å². The van der Waals surface area contributed by atoms with E-state index in [1.165, 1.54) is 16.9 Å². The van der Waals surface area contributed by atoms with E-state index < -0.39 is 0 Å². The summed E-state index contributed by atoms with van der Waals surface area (Å²) in [6.45, 7) is 10.0. The Kier molecular flexibility index (Phi) is 5.52. The van der Waals surface area contributed by atoms with Gasteiger partial charge in [-0.05, 0) is 55.2 Å². The molecule has 1 amide bonds. The fourth-order valence-corrected chi connectivity index (χ4v) is 3.58. The summed E-state index contributed by atoms with van der Waals surface area (Å²) in [6, 6.07) is 12.8. The fraction of sp³-hybridized carbons (Fsp3) is 0.318. The highest BCUT2D eigenvalue weighted by atomic mass is 32.1. The van der Waals surface area contributed by atoms with Crippen LogP contribution < -0.4 is 5.32 Å². The minimum Gasteiger partial charge on any atom is -0.459 e. The molecule has 1 heterocycles. The van der Waals surface area contributed by atoms with Crippen LogP contribution in [0, 0.1) is 0 Å². The van der Waals surface area contributed by atoms with Gasteiger partial charge in [0.05, 0.1) is 21.9 Å². The normalized spacial score (nSPS) is 11.6. The van der Waals surface area contributed by atoms with Crippen LogP contribution in [0.2, 0.25) is 0 Å². The zero-order valence-electron chi connectivity index (χ0n) is 16.7. The zero-order chi connectivity index (χ0) is 20.5. The number of benzene rings is 2. The molecule has 0 bridgehead atoms. The molecule has 146 valence electrons. The van der Waals surface area contributed by atoms with Crippen molar-refractivity contribution < 1.29 is 14.3 Å².